The lowest BCUT2D eigenvalue weighted by Gasteiger charge is -2.19. The van der Waals surface area contributed by atoms with Crippen molar-refractivity contribution < 1.29 is 18.0 Å². The van der Waals surface area contributed by atoms with Crippen molar-refractivity contribution in [2.75, 3.05) is 18.9 Å². The van der Waals surface area contributed by atoms with Crippen LogP contribution in [0.3, 0.4) is 0 Å². The van der Waals surface area contributed by atoms with E-state index in [4.69, 9.17) is 11.6 Å². The number of amides is 2. The first kappa shape index (κ1) is 20.9. The van der Waals surface area contributed by atoms with Crippen molar-refractivity contribution in [3.05, 3.63) is 59.1 Å². The second-order valence-corrected chi connectivity index (χ2v) is 9.16. The van der Waals surface area contributed by atoms with Gasteiger partial charge >= 0.3 is 0 Å². The summed E-state index contributed by atoms with van der Waals surface area (Å²) in [4.78, 5) is 26.1. The topological polar surface area (TPSA) is 83.6 Å². The van der Waals surface area contributed by atoms with Crippen molar-refractivity contribution in [1.82, 2.24) is 4.90 Å². The van der Waals surface area contributed by atoms with Gasteiger partial charge in [0.1, 0.15) is 0 Å². The van der Waals surface area contributed by atoms with E-state index in [2.05, 4.69) is 5.32 Å². The third-order valence-electron chi connectivity index (χ3n) is 3.92. The Bertz CT molecular complexity index is 958. The molecule has 0 bridgehead atoms. The predicted molar refractivity (Wildman–Crippen MR) is 106 cm³/mol. The van der Waals surface area contributed by atoms with Crippen LogP contribution in [-0.4, -0.2) is 44.0 Å². The molecule has 0 aliphatic rings. The molecule has 0 radical (unpaired) electrons. The van der Waals surface area contributed by atoms with E-state index >= 15 is 0 Å². The summed E-state index contributed by atoms with van der Waals surface area (Å²) in [5.74, 6) is -0.993. The Morgan fingerprint density at radius 3 is 2.30 bits per heavy atom. The SMILES string of the molecule is CC(C)S(=O)(=O)c1ccccc1C(=O)N(C)CC(=O)Nc1ccccc1Cl. The Morgan fingerprint density at radius 1 is 1.07 bits per heavy atom. The van der Waals surface area contributed by atoms with Gasteiger partial charge in [0.05, 0.1) is 33.0 Å². The summed E-state index contributed by atoms with van der Waals surface area (Å²) < 4.78 is 25.0. The number of hydrogen-bond acceptors (Lipinski definition) is 4. The molecule has 0 saturated carbocycles. The van der Waals surface area contributed by atoms with Gasteiger partial charge in [0.2, 0.25) is 5.91 Å². The van der Waals surface area contributed by atoms with Crippen LogP contribution in [0.1, 0.15) is 24.2 Å². The van der Waals surface area contributed by atoms with Gasteiger partial charge in [-0.3, -0.25) is 9.59 Å². The highest BCUT2D eigenvalue weighted by molar-refractivity contribution is 7.92. The number of rotatable bonds is 6. The highest BCUT2D eigenvalue weighted by Gasteiger charge is 2.27. The first-order valence-corrected chi connectivity index (χ1v) is 10.2. The van der Waals surface area contributed by atoms with Crippen molar-refractivity contribution in [2.24, 2.45) is 0 Å². The molecule has 0 atom stereocenters. The third-order valence-corrected chi connectivity index (χ3v) is 6.46. The van der Waals surface area contributed by atoms with E-state index in [-0.39, 0.29) is 17.0 Å². The fourth-order valence-corrected chi connectivity index (χ4v) is 3.81. The lowest BCUT2D eigenvalue weighted by atomic mass is 10.2. The first-order valence-electron chi connectivity index (χ1n) is 8.27. The molecule has 0 unspecified atom stereocenters. The van der Waals surface area contributed by atoms with Crippen LogP contribution in [0.5, 0.6) is 0 Å². The van der Waals surface area contributed by atoms with Crippen molar-refractivity contribution in [3.63, 3.8) is 0 Å². The van der Waals surface area contributed by atoms with Crippen molar-refractivity contribution in [3.8, 4) is 0 Å². The standard InChI is InChI=1S/C19H21ClN2O4S/c1-13(2)27(25,26)17-11-7-4-8-14(17)19(24)22(3)12-18(23)21-16-10-6-5-9-15(16)20/h4-11,13H,12H2,1-3H3,(H,21,23). The van der Waals surface area contributed by atoms with E-state index in [1.807, 2.05) is 0 Å². The number of nitrogens with zero attached hydrogens (tertiary/aromatic N) is 1. The molecule has 27 heavy (non-hydrogen) atoms. The zero-order valence-corrected chi connectivity index (χ0v) is 16.8. The van der Waals surface area contributed by atoms with Gasteiger partial charge < -0.3 is 10.2 Å². The number of sulfone groups is 1. The third kappa shape index (κ3) is 4.87. The van der Waals surface area contributed by atoms with Gasteiger partial charge in [-0.05, 0) is 38.1 Å². The molecule has 0 heterocycles. The minimum Gasteiger partial charge on any atom is -0.332 e. The second kappa shape index (κ2) is 8.54. The van der Waals surface area contributed by atoms with Gasteiger partial charge in [0, 0.05) is 7.05 Å². The summed E-state index contributed by atoms with van der Waals surface area (Å²) in [5, 5.41) is 2.34. The lowest BCUT2D eigenvalue weighted by molar-refractivity contribution is -0.116. The van der Waals surface area contributed by atoms with Crippen molar-refractivity contribution in [1.29, 1.82) is 0 Å². The quantitative estimate of drug-likeness (QED) is 0.795. The average Bonchev–Trinajstić information content (AvgIpc) is 2.62. The molecule has 0 saturated heterocycles. The molecule has 0 fully saturated rings. The molecule has 8 heteroatoms. The summed E-state index contributed by atoms with van der Waals surface area (Å²) in [6.07, 6.45) is 0. The minimum absolute atomic E-state index is 0.0386. The van der Waals surface area contributed by atoms with E-state index in [1.165, 1.54) is 24.1 Å². The monoisotopic (exact) mass is 408 g/mol. The van der Waals surface area contributed by atoms with Crippen LogP contribution in [0.2, 0.25) is 5.02 Å². The average molecular weight is 409 g/mol. The molecule has 2 rings (SSSR count). The molecule has 0 aliphatic carbocycles. The number of benzene rings is 2. The first-order chi connectivity index (χ1) is 12.6. The largest absolute Gasteiger partial charge is 0.332 e. The molecular weight excluding hydrogens is 388 g/mol. The molecule has 2 aromatic carbocycles. The maximum atomic E-state index is 12.7. The lowest BCUT2D eigenvalue weighted by Crippen LogP contribution is -2.35. The molecule has 2 amide bonds. The van der Waals surface area contributed by atoms with Crippen LogP contribution in [0.4, 0.5) is 5.69 Å². The van der Waals surface area contributed by atoms with Gasteiger partial charge in [0.15, 0.2) is 9.84 Å². The maximum absolute atomic E-state index is 12.7. The summed E-state index contributed by atoms with van der Waals surface area (Å²) in [7, 11) is -2.20. The summed E-state index contributed by atoms with van der Waals surface area (Å²) in [6, 6.07) is 12.7. The molecule has 6 nitrogen and oxygen atoms in total. The van der Waals surface area contributed by atoms with E-state index in [0.717, 1.165) is 0 Å². The number of likely N-dealkylation sites (N-methyl/N-ethyl adjacent to an activating group) is 1. The second-order valence-electron chi connectivity index (χ2n) is 6.28. The number of halogens is 1. The van der Waals surface area contributed by atoms with Gasteiger partial charge in [-0.15, -0.1) is 0 Å². The van der Waals surface area contributed by atoms with E-state index < -0.39 is 26.9 Å². The Kier molecular flexibility index (Phi) is 6.62. The van der Waals surface area contributed by atoms with Crippen molar-refractivity contribution >= 4 is 38.9 Å². The number of para-hydroxylation sites is 1. The molecule has 144 valence electrons. The maximum Gasteiger partial charge on any atom is 0.255 e. The van der Waals surface area contributed by atoms with Gasteiger partial charge in [-0.1, -0.05) is 35.9 Å². The molecule has 0 spiro atoms. The smallest absolute Gasteiger partial charge is 0.255 e. The summed E-state index contributed by atoms with van der Waals surface area (Å²) >= 11 is 6.00. The fourth-order valence-electron chi connectivity index (χ4n) is 2.39. The molecular formula is C19H21ClN2O4S. The number of carbonyl (C=O) groups is 2. The number of hydrogen-bond donors (Lipinski definition) is 1. The van der Waals surface area contributed by atoms with Gasteiger partial charge in [-0.25, -0.2) is 8.42 Å². The Labute approximate surface area is 164 Å². The van der Waals surface area contributed by atoms with Crippen molar-refractivity contribution in [2.45, 2.75) is 24.0 Å². The van der Waals surface area contributed by atoms with E-state index in [1.54, 1.807) is 50.2 Å². The van der Waals surface area contributed by atoms with Gasteiger partial charge in [-0.2, -0.15) is 0 Å². The van der Waals surface area contributed by atoms with Gasteiger partial charge in [0.25, 0.3) is 5.91 Å². The molecule has 0 aliphatic heterocycles. The number of anilines is 1. The summed E-state index contributed by atoms with van der Waals surface area (Å²) in [5.41, 5.74) is 0.479. The fraction of sp³-hybridized carbons (Fsp3) is 0.263. The van der Waals surface area contributed by atoms with Crippen LogP contribution < -0.4 is 5.32 Å². The highest BCUT2D eigenvalue weighted by atomic mass is 35.5. The van der Waals surface area contributed by atoms with E-state index in [0.29, 0.717) is 10.7 Å². The Balaban J connectivity index is 2.19. The molecule has 2 aromatic rings. The number of carbonyl (C=O) groups excluding carboxylic acids is 2. The van der Waals surface area contributed by atoms with Crippen LogP contribution in [0.15, 0.2) is 53.4 Å². The highest BCUT2D eigenvalue weighted by Crippen LogP contribution is 2.22. The Morgan fingerprint density at radius 2 is 1.67 bits per heavy atom. The summed E-state index contributed by atoms with van der Waals surface area (Å²) in [6.45, 7) is 2.86. The zero-order valence-electron chi connectivity index (χ0n) is 15.3. The number of nitrogens with one attached hydrogen (secondary N) is 1. The Hall–Kier alpha value is -2.38. The molecule has 1 N–H and O–H groups in total. The normalized spacial score (nSPS) is 11.3. The predicted octanol–water partition coefficient (Wildman–Crippen LogP) is 3.23. The van der Waals surface area contributed by atoms with Crippen LogP contribution in [-0.2, 0) is 14.6 Å². The van der Waals surface area contributed by atoms with Crippen LogP contribution in [0, 0.1) is 0 Å². The molecule has 0 aromatic heterocycles. The van der Waals surface area contributed by atoms with Crippen LogP contribution >= 0.6 is 11.6 Å². The van der Waals surface area contributed by atoms with E-state index in [9.17, 15) is 18.0 Å². The minimum atomic E-state index is -3.63. The zero-order chi connectivity index (χ0) is 20.2. The van der Waals surface area contributed by atoms with Crippen LogP contribution in [0.25, 0.3) is 0 Å².